The normalized spacial score (nSPS) is 11.9. The van der Waals surface area contributed by atoms with Gasteiger partial charge in [0, 0.05) is 24.2 Å². The first kappa shape index (κ1) is 20.7. The molecule has 0 radical (unpaired) electrons. The predicted molar refractivity (Wildman–Crippen MR) is 108 cm³/mol. The fourth-order valence-electron chi connectivity index (χ4n) is 3.53. The van der Waals surface area contributed by atoms with Gasteiger partial charge in [-0.25, -0.2) is 4.98 Å². The summed E-state index contributed by atoms with van der Waals surface area (Å²) in [6.07, 6.45) is 2.11. The van der Waals surface area contributed by atoms with Crippen LogP contribution in [0.1, 0.15) is 18.2 Å². The van der Waals surface area contributed by atoms with Gasteiger partial charge >= 0.3 is 6.18 Å². The van der Waals surface area contributed by atoms with Crippen molar-refractivity contribution in [2.75, 3.05) is 7.11 Å². The van der Waals surface area contributed by atoms with E-state index in [0.717, 1.165) is 27.9 Å². The van der Waals surface area contributed by atoms with Crippen LogP contribution in [0.5, 0.6) is 11.6 Å². The Morgan fingerprint density at radius 2 is 1.94 bits per heavy atom. The summed E-state index contributed by atoms with van der Waals surface area (Å²) in [4.78, 5) is 9.06. The number of fused-ring (bicyclic) bond motifs is 1. The molecule has 0 bridgehead atoms. The van der Waals surface area contributed by atoms with E-state index in [1.807, 2.05) is 26.0 Å². The van der Waals surface area contributed by atoms with E-state index in [9.17, 15) is 18.3 Å². The molecule has 0 amide bonds. The summed E-state index contributed by atoms with van der Waals surface area (Å²) in [5.41, 5.74) is 3.79. The lowest BCUT2D eigenvalue weighted by Crippen LogP contribution is -2.17. The van der Waals surface area contributed by atoms with Gasteiger partial charge in [-0.2, -0.15) is 18.3 Å². The van der Waals surface area contributed by atoms with Gasteiger partial charge in [0.05, 0.1) is 41.3 Å². The molecule has 7 nitrogen and oxygen atoms in total. The molecule has 4 rings (SSSR count). The lowest BCUT2D eigenvalue weighted by Gasteiger charge is -2.09. The minimum Gasteiger partial charge on any atom is -0.495 e. The van der Waals surface area contributed by atoms with Crippen molar-refractivity contribution in [3.63, 3.8) is 0 Å². The van der Waals surface area contributed by atoms with Crippen LogP contribution in [0.25, 0.3) is 27.8 Å². The molecule has 1 N–H and O–H groups in total. The number of aromatic hydroxyl groups is 1. The smallest absolute Gasteiger partial charge is 0.408 e. The largest absolute Gasteiger partial charge is 0.495 e. The van der Waals surface area contributed by atoms with Crippen molar-refractivity contribution >= 4 is 10.9 Å². The van der Waals surface area contributed by atoms with E-state index < -0.39 is 12.7 Å². The molecule has 4 aromatic rings. The third-order valence-corrected chi connectivity index (χ3v) is 4.97. The molecule has 10 heteroatoms. The first-order valence-corrected chi connectivity index (χ1v) is 9.54. The molecule has 4 aromatic heterocycles. The van der Waals surface area contributed by atoms with E-state index in [1.165, 1.54) is 17.0 Å². The van der Waals surface area contributed by atoms with E-state index in [0.29, 0.717) is 28.0 Å². The highest BCUT2D eigenvalue weighted by Crippen LogP contribution is 2.35. The van der Waals surface area contributed by atoms with Crippen LogP contribution in [0.2, 0.25) is 0 Å². The van der Waals surface area contributed by atoms with E-state index in [-0.39, 0.29) is 5.88 Å². The summed E-state index contributed by atoms with van der Waals surface area (Å²) in [6.45, 7) is 2.61. The van der Waals surface area contributed by atoms with Gasteiger partial charge in [-0.1, -0.05) is 6.92 Å². The quantitative estimate of drug-likeness (QED) is 0.506. The second kappa shape index (κ2) is 7.60. The van der Waals surface area contributed by atoms with Gasteiger partial charge in [-0.3, -0.25) is 14.2 Å². The molecule has 0 saturated carbocycles. The van der Waals surface area contributed by atoms with Crippen LogP contribution < -0.4 is 4.74 Å². The van der Waals surface area contributed by atoms with E-state index >= 15 is 0 Å². The summed E-state index contributed by atoms with van der Waals surface area (Å²) in [6, 6.07) is 3.68. The average Bonchev–Trinajstić information content (AvgIpc) is 3.30. The average molecular weight is 431 g/mol. The topological polar surface area (TPSA) is 78.0 Å². The Kier molecular flexibility index (Phi) is 5.08. The summed E-state index contributed by atoms with van der Waals surface area (Å²) in [7, 11) is 1.58. The highest BCUT2D eigenvalue weighted by atomic mass is 19.4. The maximum Gasteiger partial charge on any atom is 0.408 e. The zero-order valence-electron chi connectivity index (χ0n) is 17.1. The van der Waals surface area contributed by atoms with Crippen LogP contribution in [0.4, 0.5) is 13.2 Å². The Bertz CT molecular complexity index is 1260. The highest BCUT2D eigenvalue weighted by molar-refractivity contribution is 5.90. The van der Waals surface area contributed by atoms with Crippen molar-refractivity contribution in [3.8, 4) is 28.6 Å². The van der Waals surface area contributed by atoms with Gasteiger partial charge in [0.15, 0.2) is 0 Å². The maximum atomic E-state index is 12.6. The first-order valence-electron chi connectivity index (χ1n) is 9.54. The van der Waals surface area contributed by atoms with Crippen molar-refractivity contribution in [2.24, 2.45) is 0 Å². The van der Waals surface area contributed by atoms with Crippen molar-refractivity contribution in [1.29, 1.82) is 0 Å². The predicted octanol–water partition coefficient (Wildman–Crippen LogP) is 4.43. The van der Waals surface area contributed by atoms with E-state index in [4.69, 9.17) is 4.74 Å². The van der Waals surface area contributed by atoms with Crippen LogP contribution in [0.3, 0.4) is 0 Å². The number of halogens is 3. The number of alkyl halides is 3. The Hall–Kier alpha value is -3.56. The highest BCUT2D eigenvalue weighted by Gasteiger charge is 2.28. The standard InChI is InChI=1S/C21H20F3N5O2/c1-4-15-18(31-3)6-13(7-25-15)16-5-12(2)19-17(27-16)10-29(20(19)30)14-8-26-28(9-14)11-21(22,23)24/h5-10,30H,4,11H2,1-3H3. The van der Waals surface area contributed by atoms with Gasteiger partial charge < -0.3 is 9.84 Å². The van der Waals surface area contributed by atoms with Crippen LogP contribution in [-0.2, 0) is 13.0 Å². The van der Waals surface area contributed by atoms with Gasteiger partial charge in [0.2, 0.25) is 5.88 Å². The second-order valence-electron chi connectivity index (χ2n) is 7.15. The fraction of sp³-hybridized carbons (Fsp3) is 0.286. The third kappa shape index (κ3) is 3.92. The van der Waals surface area contributed by atoms with Crippen LogP contribution >= 0.6 is 0 Å². The van der Waals surface area contributed by atoms with Crippen LogP contribution in [0.15, 0.2) is 36.9 Å². The van der Waals surface area contributed by atoms with Crippen molar-refractivity contribution in [3.05, 3.63) is 48.2 Å². The molecule has 31 heavy (non-hydrogen) atoms. The Morgan fingerprint density at radius 3 is 2.61 bits per heavy atom. The number of ether oxygens (including phenoxy) is 1. The zero-order chi connectivity index (χ0) is 22.3. The van der Waals surface area contributed by atoms with Gasteiger partial charge in [-0.15, -0.1) is 0 Å². The minimum atomic E-state index is -4.39. The van der Waals surface area contributed by atoms with Crippen molar-refractivity contribution in [1.82, 2.24) is 24.3 Å². The number of rotatable bonds is 5. The number of methoxy groups -OCH3 is 1. The number of nitrogens with zero attached hydrogens (tertiary/aromatic N) is 5. The minimum absolute atomic E-state index is 0.116. The second-order valence-corrected chi connectivity index (χ2v) is 7.15. The molecular weight excluding hydrogens is 411 g/mol. The maximum absolute atomic E-state index is 12.6. The van der Waals surface area contributed by atoms with Crippen molar-refractivity contribution in [2.45, 2.75) is 33.0 Å². The molecule has 0 aliphatic carbocycles. The summed E-state index contributed by atoms with van der Waals surface area (Å²) < 4.78 is 45.4. The molecule has 0 saturated heterocycles. The molecule has 0 aliphatic heterocycles. The molecule has 162 valence electrons. The molecule has 4 heterocycles. The Morgan fingerprint density at radius 1 is 1.16 bits per heavy atom. The number of aryl methyl sites for hydroxylation is 2. The van der Waals surface area contributed by atoms with Gasteiger partial charge in [0.1, 0.15) is 12.3 Å². The summed E-state index contributed by atoms with van der Waals surface area (Å²) >= 11 is 0. The molecular formula is C21H20F3N5O2. The number of hydrogen-bond donors (Lipinski definition) is 1. The van der Waals surface area contributed by atoms with Gasteiger partial charge in [0.25, 0.3) is 0 Å². The van der Waals surface area contributed by atoms with E-state index in [1.54, 1.807) is 19.5 Å². The lowest BCUT2D eigenvalue weighted by molar-refractivity contribution is -0.142. The Labute approximate surface area is 175 Å². The number of hydrogen-bond acceptors (Lipinski definition) is 5. The SMILES string of the molecule is CCc1ncc(-c2cc(C)c3c(O)n(-c4cnn(CC(F)(F)F)c4)cc3n2)cc1OC. The third-order valence-electron chi connectivity index (χ3n) is 4.97. The molecule has 0 spiro atoms. The molecule has 0 atom stereocenters. The first-order chi connectivity index (χ1) is 14.7. The monoisotopic (exact) mass is 431 g/mol. The number of aromatic nitrogens is 5. The van der Waals surface area contributed by atoms with Gasteiger partial charge in [-0.05, 0) is 31.0 Å². The van der Waals surface area contributed by atoms with Crippen LogP contribution in [0, 0.1) is 6.92 Å². The van der Waals surface area contributed by atoms with Crippen LogP contribution in [-0.4, -0.2) is 42.7 Å². The number of pyridine rings is 2. The molecule has 0 unspecified atom stereocenters. The molecule has 0 fully saturated rings. The fourth-order valence-corrected chi connectivity index (χ4v) is 3.53. The zero-order valence-corrected chi connectivity index (χ0v) is 17.1. The summed E-state index contributed by atoms with van der Waals surface area (Å²) in [5, 5.41) is 15.0. The van der Waals surface area contributed by atoms with E-state index in [2.05, 4.69) is 15.1 Å². The Balaban J connectivity index is 1.77. The van der Waals surface area contributed by atoms with Crippen molar-refractivity contribution < 1.29 is 23.0 Å². The molecule has 0 aromatic carbocycles. The summed E-state index contributed by atoms with van der Waals surface area (Å²) in [5.74, 6) is 0.548. The lowest BCUT2D eigenvalue weighted by atomic mass is 10.1. The molecule has 0 aliphatic rings.